The Balaban J connectivity index is 1.85. The summed E-state index contributed by atoms with van der Waals surface area (Å²) in [5.74, 6) is 0.277. The molecule has 2 heteroatoms. The summed E-state index contributed by atoms with van der Waals surface area (Å²) in [6, 6.07) is 22.8. The van der Waals surface area contributed by atoms with E-state index in [-0.39, 0.29) is 23.0 Å². The summed E-state index contributed by atoms with van der Waals surface area (Å²) in [6.07, 6.45) is 0.629. The predicted molar refractivity (Wildman–Crippen MR) is 84.1 cm³/mol. The number of nitrogens with zero attached hydrogens (tertiary/aromatic N) is 1. The van der Waals surface area contributed by atoms with Gasteiger partial charge in [0.25, 0.3) is 0 Å². The minimum absolute atomic E-state index is 0.0538. The van der Waals surface area contributed by atoms with Crippen molar-refractivity contribution in [1.29, 1.82) is 5.26 Å². The molecule has 2 saturated carbocycles. The highest BCUT2D eigenvalue weighted by atomic mass is 16.1. The van der Waals surface area contributed by atoms with Gasteiger partial charge < -0.3 is 0 Å². The minimum atomic E-state index is -0.841. The van der Waals surface area contributed by atoms with E-state index in [1.54, 1.807) is 6.92 Å². The van der Waals surface area contributed by atoms with Crippen LogP contribution < -0.4 is 0 Å². The molecule has 0 aromatic heterocycles. The van der Waals surface area contributed by atoms with Crippen LogP contribution >= 0.6 is 0 Å². The first-order chi connectivity index (χ1) is 10.6. The van der Waals surface area contributed by atoms with Crippen LogP contribution in [0.3, 0.4) is 0 Å². The summed E-state index contributed by atoms with van der Waals surface area (Å²) in [7, 11) is 0. The van der Waals surface area contributed by atoms with Gasteiger partial charge in [0.1, 0.15) is 5.41 Å². The molecule has 2 aliphatic rings. The number of carbonyl (C=O) groups is 1. The van der Waals surface area contributed by atoms with Crippen molar-refractivity contribution >= 4 is 5.78 Å². The third kappa shape index (κ3) is 1.51. The average molecular weight is 287 g/mol. The molecule has 22 heavy (non-hydrogen) atoms. The van der Waals surface area contributed by atoms with Crippen LogP contribution in [0.1, 0.15) is 30.4 Å². The number of fused-ring (bicyclic) bond motifs is 1. The molecule has 2 aliphatic carbocycles. The van der Waals surface area contributed by atoms with E-state index in [0.29, 0.717) is 6.42 Å². The van der Waals surface area contributed by atoms with Crippen LogP contribution in [0, 0.1) is 22.7 Å². The highest BCUT2D eigenvalue weighted by molar-refractivity contribution is 5.99. The maximum absolute atomic E-state index is 12.8. The van der Waals surface area contributed by atoms with Gasteiger partial charge in [-0.15, -0.1) is 0 Å². The molecular weight excluding hydrogens is 270 g/mol. The Morgan fingerprint density at radius 3 is 2.18 bits per heavy atom. The van der Waals surface area contributed by atoms with Crippen molar-refractivity contribution in [3.63, 3.8) is 0 Å². The maximum Gasteiger partial charge on any atom is 0.157 e. The fourth-order valence-corrected chi connectivity index (χ4v) is 4.51. The van der Waals surface area contributed by atoms with E-state index in [9.17, 15) is 10.1 Å². The summed E-state index contributed by atoms with van der Waals surface area (Å²) in [5.41, 5.74) is 1.38. The molecule has 0 radical (unpaired) electrons. The second-order valence-electron chi connectivity index (χ2n) is 6.76. The largest absolute Gasteiger partial charge is 0.298 e. The van der Waals surface area contributed by atoms with Crippen LogP contribution in [0.4, 0.5) is 0 Å². The number of hydrogen-bond acceptors (Lipinski definition) is 2. The number of Topliss-reactive ketones (excluding diaryl/α,β-unsaturated/α-hetero) is 1. The zero-order valence-corrected chi connectivity index (χ0v) is 12.5. The molecule has 2 aromatic rings. The number of ketones is 1. The molecule has 0 heterocycles. The van der Waals surface area contributed by atoms with Crippen molar-refractivity contribution < 1.29 is 4.79 Å². The molecule has 0 amide bonds. The zero-order chi connectivity index (χ0) is 15.4. The molecule has 4 rings (SSSR count). The Labute approximate surface area is 130 Å². The standard InChI is InChI=1S/C20H17NO/c1-19(13-21)12-20(15-10-6-3-7-11-15)16(17(20)18(19)22)14-8-4-2-5-9-14/h2-11,16-17H,12H2,1H3/t16-,17-,19-,20+/m1/s1. The van der Waals surface area contributed by atoms with E-state index in [1.165, 1.54) is 11.1 Å². The van der Waals surface area contributed by atoms with Gasteiger partial charge in [-0.05, 0) is 24.5 Å². The molecule has 0 spiro atoms. The van der Waals surface area contributed by atoms with E-state index >= 15 is 0 Å². The Morgan fingerprint density at radius 1 is 1.00 bits per heavy atom. The van der Waals surface area contributed by atoms with Crippen molar-refractivity contribution in [2.24, 2.45) is 11.3 Å². The molecule has 0 saturated heterocycles. The lowest BCUT2D eigenvalue weighted by Crippen LogP contribution is -2.25. The zero-order valence-electron chi connectivity index (χ0n) is 12.5. The van der Waals surface area contributed by atoms with E-state index in [0.717, 1.165) is 0 Å². The summed E-state index contributed by atoms with van der Waals surface area (Å²) < 4.78 is 0. The van der Waals surface area contributed by atoms with Crippen LogP contribution in [0.25, 0.3) is 0 Å². The second-order valence-corrected chi connectivity index (χ2v) is 6.76. The Hall–Kier alpha value is -2.40. The van der Waals surface area contributed by atoms with Crippen LogP contribution in [0.5, 0.6) is 0 Å². The van der Waals surface area contributed by atoms with Crippen LogP contribution in [0.2, 0.25) is 0 Å². The van der Waals surface area contributed by atoms with E-state index in [4.69, 9.17) is 0 Å². The van der Waals surface area contributed by atoms with E-state index in [1.807, 2.05) is 36.4 Å². The lowest BCUT2D eigenvalue weighted by Gasteiger charge is -2.22. The third-order valence-corrected chi connectivity index (χ3v) is 5.52. The predicted octanol–water partition coefficient (Wildman–Crippen LogP) is 3.84. The fourth-order valence-electron chi connectivity index (χ4n) is 4.51. The molecule has 0 aliphatic heterocycles. The Bertz CT molecular complexity index is 776. The van der Waals surface area contributed by atoms with Gasteiger partial charge in [0.05, 0.1) is 6.07 Å². The smallest absolute Gasteiger partial charge is 0.157 e. The first kappa shape index (κ1) is 13.3. The fraction of sp³-hybridized carbons (Fsp3) is 0.300. The third-order valence-electron chi connectivity index (χ3n) is 5.52. The lowest BCUT2D eigenvalue weighted by molar-refractivity contribution is -0.124. The van der Waals surface area contributed by atoms with Gasteiger partial charge >= 0.3 is 0 Å². The van der Waals surface area contributed by atoms with Gasteiger partial charge in [0, 0.05) is 17.3 Å². The highest BCUT2D eigenvalue weighted by Gasteiger charge is 2.77. The molecular formula is C20H17NO. The maximum atomic E-state index is 12.8. The number of carbonyl (C=O) groups excluding carboxylic acids is 1. The van der Waals surface area contributed by atoms with Crippen LogP contribution in [0.15, 0.2) is 60.7 Å². The van der Waals surface area contributed by atoms with Gasteiger partial charge in [0.2, 0.25) is 0 Å². The first-order valence-electron chi connectivity index (χ1n) is 7.69. The molecule has 2 aromatic carbocycles. The van der Waals surface area contributed by atoms with Crippen molar-refractivity contribution in [1.82, 2.24) is 0 Å². The average Bonchev–Trinajstić information content (AvgIpc) is 3.17. The molecule has 4 atom stereocenters. The number of hydrogen-bond donors (Lipinski definition) is 0. The van der Waals surface area contributed by atoms with Crippen LogP contribution in [-0.2, 0) is 10.2 Å². The topological polar surface area (TPSA) is 40.9 Å². The minimum Gasteiger partial charge on any atom is -0.298 e. The summed E-state index contributed by atoms with van der Waals surface area (Å²) in [6.45, 7) is 1.80. The van der Waals surface area contributed by atoms with Crippen molar-refractivity contribution in [3.8, 4) is 6.07 Å². The molecule has 0 bridgehead atoms. The molecule has 108 valence electrons. The highest BCUT2D eigenvalue weighted by Crippen LogP contribution is 2.75. The number of rotatable bonds is 2. The Morgan fingerprint density at radius 2 is 1.59 bits per heavy atom. The monoisotopic (exact) mass is 287 g/mol. The Kier molecular flexibility index (Phi) is 2.60. The normalized spacial score (nSPS) is 35.7. The van der Waals surface area contributed by atoms with Gasteiger partial charge in [-0.25, -0.2) is 0 Å². The van der Waals surface area contributed by atoms with Crippen molar-refractivity contribution in [2.75, 3.05) is 0 Å². The van der Waals surface area contributed by atoms with E-state index < -0.39 is 5.41 Å². The van der Waals surface area contributed by atoms with Crippen molar-refractivity contribution in [2.45, 2.75) is 24.7 Å². The summed E-state index contributed by atoms with van der Waals surface area (Å²) in [4.78, 5) is 12.8. The summed E-state index contributed by atoms with van der Waals surface area (Å²) in [5, 5.41) is 9.48. The molecule has 2 fully saturated rings. The van der Waals surface area contributed by atoms with Gasteiger partial charge in [-0.3, -0.25) is 4.79 Å². The number of benzene rings is 2. The lowest BCUT2D eigenvalue weighted by atomic mass is 9.77. The molecule has 2 nitrogen and oxygen atoms in total. The SMILES string of the molecule is C[C@]1(C#N)C[C@]2(c3ccccc3)[C@H](c3ccccc3)[C@@H]2C1=O. The quantitative estimate of drug-likeness (QED) is 0.842. The van der Waals surface area contributed by atoms with Gasteiger partial charge in [0.15, 0.2) is 5.78 Å². The molecule has 0 unspecified atom stereocenters. The first-order valence-corrected chi connectivity index (χ1v) is 7.69. The van der Waals surface area contributed by atoms with Crippen LogP contribution in [-0.4, -0.2) is 5.78 Å². The number of nitriles is 1. The second kappa shape index (κ2) is 4.30. The van der Waals surface area contributed by atoms with E-state index in [2.05, 4.69) is 30.3 Å². The van der Waals surface area contributed by atoms with Gasteiger partial charge in [-0.1, -0.05) is 60.7 Å². The van der Waals surface area contributed by atoms with Crippen molar-refractivity contribution in [3.05, 3.63) is 71.8 Å². The molecule has 0 N–H and O–H groups in total. The van der Waals surface area contributed by atoms with Gasteiger partial charge in [-0.2, -0.15) is 5.26 Å². The summed E-state index contributed by atoms with van der Waals surface area (Å²) >= 11 is 0.